The van der Waals surface area contributed by atoms with Crippen LogP contribution < -0.4 is 5.32 Å². The van der Waals surface area contributed by atoms with Gasteiger partial charge in [0, 0.05) is 23.3 Å². The molecular weight excluding hydrogens is 357 g/mol. The summed E-state index contributed by atoms with van der Waals surface area (Å²) < 4.78 is 6.27. The van der Waals surface area contributed by atoms with Gasteiger partial charge < -0.3 is 15.2 Å². The minimum absolute atomic E-state index is 0.0232. The van der Waals surface area contributed by atoms with Crippen molar-refractivity contribution in [3.63, 3.8) is 0 Å². The largest absolute Gasteiger partial charge is 0.507 e. The van der Waals surface area contributed by atoms with Crippen LogP contribution >= 0.6 is 22.6 Å². The van der Waals surface area contributed by atoms with Gasteiger partial charge in [-0.25, -0.2) is 0 Å². The Morgan fingerprint density at radius 3 is 2.84 bits per heavy atom. The van der Waals surface area contributed by atoms with Gasteiger partial charge in [0.25, 0.3) is 5.91 Å². The first-order valence-corrected chi connectivity index (χ1v) is 7.43. The molecule has 0 radical (unpaired) electrons. The minimum Gasteiger partial charge on any atom is -0.507 e. The molecule has 19 heavy (non-hydrogen) atoms. The van der Waals surface area contributed by atoms with Gasteiger partial charge in [0.05, 0.1) is 5.56 Å². The molecule has 1 saturated heterocycles. The SMILES string of the molecule is CC1(CNC(=O)c2cc(I)ccc2O)CCOCC1. The number of amides is 1. The summed E-state index contributed by atoms with van der Waals surface area (Å²) in [5, 5.41) is 12.6. The van der Waals surface area contributed by atoms with Crippen molar-refractivity contribution in [3.05, 3.63) is 27.3 Å². The molecule has 2 rings (SSSR count). The Labute approximate surface area is 126 Å². The molecule has 1 aliphatic heterocycles. The van der Waals surface area contributed by atoms with E-state index in [4.69, 9.17) is 4.74 Å². The smallest absolute Gasteiger partial charge is 0.255 e. The number of phenols is 1. The third-order valence-corrected chi connectivity index (χ3v) is 4.25. The zero-order chi connectivity index (χ0) is 13.9. The van der Waals surface area contributed by atoms with E-state index in [2.05, 4.69) is 34.8 Å². The Kier molecular flexibility index (Phi) is 4.67. The van der Waals surface area contributed by atoms with Crippen LogP contribution in [0.15, 0.2) is 18.2 Å². The first-order valence-electron chi connectivity index (χ1n) is 6.35. The van der Waals surface area contributed by atoms with Gasteiger partial charge in [0.1, 0.15) is 5.75 Å². The van der Waals surface area contributed by atoms with Crippen LogP contribution in [0.1, 0.15) is 30.1 Å². The molecule has 104 valence electrons. The van der Waals surface area contributed by atoms with Gasteiger partial charge >= 0.3 is 0 Å². The molecule has 1 fully saturated rings. The molecule has 1 aliphatic rings. The number of aromatic hydroxyl groups is 1. The van der Waals surface area contributed by atoms with Crippen LogP contribution in [-0.4, -0.2) is 30.8 Å². The Hall–Kier alpha value is -0.820. The minimum atomic E-state index is -0.219. The van der Waals surface area contributed by atoms with E-state index < -0.39 is 0 Å². The van der Waals surface area contributed by atoms with Gasteiger partial charge in [0.15, 0.2) is 0 Å². The second-order valence-corrected chi connectivity index (χ2v) is 6.51. The third kappa shape index (κ3) is 3.82. The summed E-state index contributed by atoms with van der Waals surface area (Å²) in [6, 6.07) is 5.01. The molecule has 0 atom stereocenters. The predicted octanol–water partition coefficient (Wildman–Crippen LogP) is 2.54. The molecule has 2 N–H and O–H groups in total. The zero-order valence-corrected chi connectivity index (χ0v) is 13.1. The summed E-state index contributed by atoms with van der Waals surface area (Å²) in [7, 11) is 0. The molecule has 1 aromatic carbocycles. The molecule has 0 spiro atoms. The molecule has 1 aromatic rings. The van der Waals surface area contributed by atoms with Gasteiger partial charge in [-0.15, -0.1) is 0 Å². The van der Waals surface area contributed by atoms with Crippen LogP contribution in [0.4, 0.5) is 0 Å². The summed E-state index contributed by atoms with van der Waals surface area (Å²) >= 11 is 2.12. The fourth-order valence-electron chi connectivity index (χ4n) is 2.12. The maximum atomic E-state index is 12.1. The monoisotopic (exact) mass is 375 g/mol. The number of hydrogen-bond donors (Lipinski definition) is 2. The average Bonchev–Trinajstić information content (AvgIpc) is 2.40. The number of phenolic OH excluding ortho intramolecular Hbond substituents is 1. The highest BCUT2D eigenvalue weighted by atomic mass is 127. The van der Waals surface area contributed by atoms with Crippen LogP contribution in [0.2, 0.25) is 0 Å². The van der Waals surface area contributed by atoms with Crippen LogP contribution in [0, 0.1) is 8.99 Å². The van der Waals surface area contributed by atoms with E-state index in [0.29, 0.717) is 12.1 Å². The van der Waals surface area contributed by atoms with Gasteiger partial charge in [-0.1, -0.05) is 6.92 Å². The standard InChI is InChI=1S/C14H18INO3/c1-14(4-6-19-7-5-14)9-16-13(18)11-8-10(15)2-3-12(11)17/h2-3,8,17H,4-7,9H2,1H3,(H,16,18). The maximum Gasteiger partial charge on any atom is 0.255 e. The summed E-state index contributed by atoms with van der Waals surface area (Å²) in [6.45, 7) is 4.27. The lowest BCUT2D eigenvalue weighted by Crippen LogP contribution is -2.39. The van der Waals surface area contributed by atoms with Crippen molar-refractivity contribution in [3.8, 4) is 5.75 Å². The molecule has 0 saturated carbocycles. The van der Waals surface area contributed by atoms with Gasteiger partial charge in [-0.2, -0.15) is 0 Å². The molecule has 1 heterocycles. The molecule has 0 aromatic heterocycles. The van der Waals surface area contributed by atoms with E-state index in [-0.39, 0.29) is 17.1 Å². The van der Waals surface area contributed by atoms with Crippen molar-refractivity contribution in [2.75, 3.05) is 19.8 Å². The first-order chi connectivity index (χ1) is 9.00. The number of ether oxygens (including phenoxy) is 1. The number of halogens is 1. The molecule has 0 unspecified atom stereocenters. The highest BCUT2D eigenvalue weighted by Gasteiger charge is 2.28. The topological polar surface area (TPSA) is 58.6 Å². The molecule has 5 heteroatoms. The lowest BCUT2D eigenvalue weighted by atomic mass is 9.82. The van der Waals surface area contributed by atoms with Crippen molar-refractivity contribution in [1.82, 2.24) is 5.32 Å². The predicted molar refractivity (Wildman–Crippen MR) is 81.3 cm³/mol. The summed E-state index contributed by atoms with van der Waals surface area (Å²) in [5.74, 6) is -0.196. The highest BCUT2D eigenvalue weighted by Crippen LogP contribution is 2.29. The average molecular weight is 375 g/mol. The van der Waals surface area contributed by atoms with E-state index in [1.807, 2.05) is 0 Å². The van der Waals surface area contributed by atoms with Crippen LogP contribution in [0.3, 0.4) is 0 Å². The summed E-state index contributed by atoms with van der Waals surface area (Å²) in [6.07, 6.45) is 1.90. The molecule has 0 aliphatic carbocycles. The fraction of sp³-hybridized carbons (Fsp3) is 0.500. The van der Waals surface area contributed by atoms with E-state index in [1.165, 1.54) is 0 Å². The van der Waals surface area contributed by atoms with Crippen LogP contribution in [-0.2, 0) is 4.74 Å². The Morgan fingerprint density at radius 2 is 2.16 bits per heavy atom. The molecular formula is C14H18INO3. The van der Waals surface area contributed by atoms with Gasteiger partial charge in [0.2, 0.25) is 0 Å². The summed E-state index contributed by atoms with van der Waals surface area (Å²) in [4.78, 5) is 12.1. The lowest BCUT2D eigenvalue weighted by molar-refractivity contribution is 0.0238. The second-order valence-electron chi connectivity index (χ2n) is 5.27. The van der Waals surface area contributed by atoms with Crippen molar-refractivity contribution in [2.24, 2.45) is 5.41 Å². The normalized spacial score (nSPS) is 18.0. The number of carbonyl (C=O) groups excluding carboxylic acids is 1. The zero-order valence-electron chi connectivity index (χ0n) is 10.9. The van der Waals surface area contributed by atoms with Crippen molar-refractivity contribution in [2.45, 2.75) is 19.8 Å². The molecule has 0 bridgehead atoms. The number of benzene rings is 1. The van der Waals surface area contributed by atoms with E-state index in [1.54, 1.807) is 18.2 Å². The van der Waals surface area contributed by atoms with E-state index in [9.17, 15) is 9.90 Å². The van der Waals surface area contributed by atoms with Crippen molar-refractivity contribution >= 4 is 28.5 Å². The van der Waals surface area contributed by atoms with Gasteiger partial charge in [-0.05, 0) is 59.0 Å². The third-order valence-electron chi connectivity index (χ3n) is 3.58. The Bertz CT molecular complexity index is 470. The lowest BCUT2D eigenvalue weighted by Gasteiger charge is -2.33. The van der Waals surface area contributed by atoms with E-state index in [0.717, 1.165) is 29.6 Å². The summed E-state index contributed by atoms with van der Waals surface area (Å²) in [5.41, 5.74) is 0.424. The van der Waals surface area contributed by atoms with Crippen LogP contribution in [0.25, 0.3) is 0 Å². The number of rotatable bonds is 3. The van der Waals surface area contributed by atoms with Crippen molar-refractivity contribution in [1.29, 1.82) is 0 Å². The quantitative estimate of drug-likeness (QED) is 0.799. The van der Waals surface area contributed by atoms with Gasteiger partial charge in [-0.3, -0.25) is 4.79 Å². The number of carbonyl (C=O) groups is 1. The van der Waals surface area contributed by atoms with Crippen molar-refractivity contribution < 1.29 is 14.6 Å². The highest BCUT2D eigenvalue weighted by molar-refractivity contribution is 14.1. The fourth-order valence-corrected chi connectivity index (χ4v) is 2.61. The van der Waals surface area contributed by atoms with Crippen LogP contribution in [0.5, 0.6) is 5.75 Å². The number of hydrogen-bond acceptors (Lipinski definition) is 3. The second kappa shape index (κ2) is 6.09. The molecule has 1 amide bonds. The Morgan fingerprint density at radius 1 is 1.47 bits per heavy atom. The molecule has 4 nitrogen and oxygen atoms in total. The maximum absolute atomic E-state index is 12.1. The number of nitrogens with one attached hydrogen (secondary N) is 1. The first kappa shape index (κ1) is 14.6. The Balaban J connectivity index is 1.99. The van der Waals surface area contributed by atoms with E-state index >= 15 is 0 Å².